The molecule has 20 rings (SSSR count). The summed E-state index contributed by atoms with van der Waals surface area (Å²) in [5, 5.41) is 5.07. The summed E-state index contributed by atoms with van der Waals surface area (Å²) in [5.41, 5.74) is 28.7. The molecule has 14 aromatic rings. The number of benzene rings is 12. The molecule has 0 unspecified atom stereocenters. The van der Waals surface area contributed by atoms with Crippen molar-refractivity contribution in [1.29, 1.82) is 0 Å². The van der Waals surface area contributed by atoms with Gasteiger partial charge in [-0.1, -0.05) is 194 Å². The van der Waals surface area contributed by atoms with E-state index >= 15 is 0 Å². The highest BCUT2D eigenvalue weighted by atomic mass is 16.5. The van der Waals surface area contributed by atoms with Crippen molar-refractivity contribution in [2.24, 2.45) is 0 Å². The van der Waals surface area contributed by atoms with E-state index in [0.717, 1.165) is 45.3 Å². The van der Waals surface area contributed by atoms with Crippen molar-refractivity contribution in [3.05, 3.63) is 265 Å². The second kappa shape index (κ2) is 14.3. The third-order valence-electron chi connectivity index (χ3n) is 19.0. The van der Waals surface area contributed by atoms with E-state index in [2.05, 4.69) is 252 Å². The van der Waals surface area contributed by atoms with Crippen molar-refractivity contribution in [2.45, 2.75) is 5.41 Å². The molecule has 6 heteroatoms. The molecule has 4 nitrogen and oxygen atoms in total. The molecule has 2 aromatic heterocycles. The van der Waals surface area contributed by atoms with Crippen LogP contribution in [0.25, 0.3) is 99.5 Å². The third-order valence-corrected chi connectivity index (χ3v) is 19.0. The molecule has 12 aromatic carbocycles. The molecule has 0 bridgehead atoms. The number of ether oxygens (including phenoxy) is 2. The van der Waals surface area contributed by atoms with Crippen LogP contribution in [-0.2, 0) is 5.41 Å². The molecule has 2 aliphatic carbocycles. The molecular weight excluding hydrogens is 958 g/mol. The van der Waals surface area contributed by atoms with Crippen LogP contribution in [0.4, 0.5) is 0 Å². The predicted molar refractivity (Wildman–Crippen MR) is 325 cm³/mol. The maximum atomic E-state index is 7.55. The van der Waals surface area contributed by atoms with Gasteiger partial charge in [0, 0.05) is 44.0 Å². The van der Waals surface area contributed by atoms with E-state index in [4.69, 9.17) is 9.47 Å². The number of nitrogens with zero attached hydrogens (tertiary/aromatic N) is 2. The van der Waals surface area contributed by atoms with Crippen LogP contribution < -0.4 is 42.3 Å². The summed E-state index contributed by atoms with van der Waals surface area (Å²) in [6, 6.07) is 90.8. The smallest absolute Gasteiger partial charge is 0.256 e. The normalized spacial score (nSPS) is 14.3. The molecule has 0 fully saturated rings. The first kappa shape index (κ1) is 41.2. The van der Waals surface area contributed by atoms with Crippen LogP contribution in [0, 0.1) is 0 Å². The Morgan fingerprint density at radius 3 is 1.19 bits per heavy atom. The Morgan fingerprint density at radius 1 is 0.291 bits per heavy atom. The van der Waals surface area contributed by atoms with E-state index in [1.807, 2.05) is 0 Å². The quantitative estimate of drug-likeness (QED) is 0.161. The van der Waals surface area contributed by atoms with Gasteiger partial charge in [-0.2, -0.15) is 0 Å². The van der Waals surface area contributed by atoms with Gasteiger partial charge >= 0.3 is 0 Å². The van der Waals surface area contributed by atoms with Crippen LogP contribution in [0.2, 0.25) is 0 Å². The van der Waals surface area contributed by atoms with Crippen molar-refractivity contribution in [3.8, 4) is 78.9 Å². The van der Waals surface area contributed by atoms with E-state index in [0.29, 0.717) is 0 Å². The standard InChI is InChI=1S/C73H40B2N2O2/c1-3-17-41(18-4-1)43-33-63-69-67(35-43)78-65-39-55-51(37-59(65)74(69)57-29-15-25-49-47-23-9-13-31-61(47)76(63)71(49)57)45-21-7-11-27-53(45)73(55)54-28-12-8-22-46(54)52-38-60-66(40-56(52)73)79-68-36-44(42-19-5-2-6-20-42)34-64-70(68)75(60)58-30-16-26-50-48-24-10-14-32-62(48)77(64)72(50)58/h1-40H. The molecule has 6 aliphatic rings. The van der Waals surface area contributed by atoms with E-state index < -0.39 is 5.41 Å². The zero-order chi connectivity index (χ0) is 51.0. The molecule has 0 saturated carbocycles. The van der Waals surface area contributed by atoms with Gasteiger partial charge in [0.25, 0.3) is 13.4 Å². The lowest BCUT2D eigenvalue weighted by molar-refractivity contribution is 0.485. The molecule has 0 saturated heterocycles. The minimum Gasteiger partial charge on any atom is -0.458 e. The fourth-order valence-corrected chi connectivity index (χ4v) is 16.0. The van der Waals surface area contributed by atoms with Crippen LogP contribution in [-0.4, -0.2) is 22.6 Å². The average molecular weight is 999 g/mol. The molecule has 0 N–H and O–H groups in total. The van der Waals surface area contributed by atoms with Crippen LogP contribution in [0.1, 0.15) is 22.3 Å². The molecule has 0 amide bonds. The second-order valence-electron chi connectivity index (χ2n) is 22.5. The second-order valence-corrected chi connectivity index (χ2v) is 22.5. The first-order valence-electron chi connectivity index (χ1n) is 27.6. The Bertz CT molecular complexity index is 4840. The molecule has 79 heavy (non-hydrogen) atoms. The Hall–Kier alpha value is -10.0. The van der Waals surface area contributed by atoms with Gasteiger partial charge in [0.05, 0.1) is 16.4 Å². The van der Waals surface area contributed by atoms with E-state index in [-0.39, 0.29) is 13.4 Å². The molecule has 4 aliphatic heterocycles. The first-order valence-corrected chi connectivity index (χ1v) is 27.6. The van der Waals surface area contributed by atoms with Gasteiger partial charge in [-0.05, 0) is 148 Å². The molecule has 6 heterocycles. The zero-order valence-electron chi connectivity index (χ0n) is 42.5. The Balaban J connectivity index is 0.851. The highest BCUT2D eigenvalue weighted by molar-refractivity contribution is 7.00. The highest BCUT2D eigenvalue weighted by Crippen LogP contribution is 2.64. The topological polar surface area (TPSA) is 28.3 Å². The lowest BCUT2D eigenvalue weighted by Crippen LogP contribution is -2.58. The summed E-state index contributed by atoms with van der Waals surface area (Å²) < 4.78 is 20.1. The zero-order valence-corrected chi connectivity index (χ0v) is 42.5. The van der Waals surface area contributed by atoms with Crippen molar-refractivity contribution >= 4 is 89.8 Å². The summed E-state index contributed by atoms with van der Waals surface area (Å²) in [7, 11) is 0. The minimum atomic E-state index is -0.665. The van der Waals surface area contributed by atoms with Crippen LogP contribution in [0.5, 0.6) is 23.0 Å². The van der Waals surface area contributed by atoms with Crippen molar-refractivity contribution in [2.75, 3.05) is 0 Å². The van der Waals surface area contributed by atoms with Gasteiger partial charge in [0.1, 0.15) is 23.0 Å². The first-order chi connectivity index (χ1) is 39.2. The largest absolute Gasteiger partial charge is 0.458 e. The highest BCUT2D eigenvalue weighted by Gasteiger charge is 2.54. The summed E-state index contributed by atoms with van der Waals surface area (Å²) in [6.07, 6.45) is 0. The van der Waals surface area contributed by atoms with E-state index in [1.165, 1.54) is 132 Å². The van der Waals surface area contributed by atoms with Gasteiger partial charge in [0.15, 0.2) is 0 Å². The number of aromatic nitrogens is 2. The Kier molecular flexibility index (Phi) is 7.46. The lowest BCUT2D eigenvalue weighted by atomic mass is 9.34. The average Bonchev–Trinajstić information content (AvgIpc) is 3.73. The van der Waals surface area contributed by atoms with Gasteiger partial charge < -0.3 is 18.6 Å². The fraction of sp³-hybridized carbons (Fsp3) is 0.0137. The molecular formula is C73H40B2N2O2. The maximum absolute atomic E-state index is 7.55. The number of fused-ring (bicyclic) bond motifs is 24. The summed E-state index contributed by atoms with van der Waals surface area (Å²) in [6.45, 7) is -0.109. The van der Waals surface area contributed by atoms with Crippen molar-refractivity contribution < 1.29 is 9.47 Å². The monoisotopic (exact) mass is 998 g/mol. The molecule has 360 valence electrons. The van der Waals surface area contributed by atoms with Crippen LogP contribution in [0.15, 0.2) is 243 Å². The number of rotatable bonds is 2. The summed E-state index contributed by atoms with van der Waals surface area (Å²) in [5.74, 6) is 3.62. The van der Waals surface area contributed by atoms with Gasteiger partial charge in [-0.15, -0.1) is 0 Å². The fourth-order valence-electron chi connectivity index (χ4n) is 16.0. The summed E-state index contributed by atoms with van der Waals surface area (Å²) in [4.78, 5) is 0. The molecule has 0 radical (unpaired) electrons. The Labute approximate surface area is 455 Å². The molecule has 1 spiro atoms. The predicted octanol–water partition coefficient (Wildman–Crippen LogP) is 13.4. The number of hydrogen-bond acceptors (Lipinski definition) is 2. The molecule has 0 atom stereocenters. The van der Waals surface area contributed by atoms with E-state index in [9.17, 15) is 0 Å². The van der Waals surface area contributed by atoms with E-state index in [1.54, 1.807) is 0 Å². The number of para-hydroxylation sites is 4. The van der Waals surface area contributed by atoms with Crippen molar-refractivity contribution in [3.63, 3.8) is 0 Å². The van der Waals surface area contributed by atoms with Crippen LogP contribution in [0.3, 0.4) is 0 Å². The van der Waals surface area contributed by atoms with Gasteiger partial charge in [-0.3, -0.25) is 0 Å². The van der Waals surface area contributed by atoms with Crippen molar-refractivity contribution in [1.82, 2.24) is 9.13 Å². The van der Waals surface area contributed by atoms with Crippen LogP contribution >= 0.6 is 0 Å². The summed E-state index contributed by atoms with van der Waals surface area (Å²) >= 11 is 0. The number of hydrogen-bond donors (Lipinski definition) is 0. The maximum Gasteiger partial charge on any atom is 0.256 e. The Morgan fingerprint density at radius 2 is 0.709 bits per heavy atom. The van der Waals surface area contributed by atoms with Gasteiger partial charge in [0.2, 0.25) is 0 Å². The van der Waals surface area contributed by atoms with Gasteiger partial charge in [-0.25, -0.2) is 0 Å². The third kappa shape index (κ3) is 4.89. The lowest BCUT2D eigenvalue weighted by Gasteiger charge is -2.36. The minimum absolute atomic E-state index is 0.0546. The SMILES string of the molecule is c1ccc(-c2cc3c4c(c2)-n2c5ccccc5c5cccc(c52)B4c2cc4c(cc2O3)C2(c3ccccc3-4)c3ccccc3-c3cc4c(cc32)Oc2cc(-c3ccccc3)cc3c2B4c2cccc4c5ccccc5n-3c24)cc1.